The fraction of sp³-hybridized carbons (Fsp3) is 0.611. The van der Waals surface area contributed by atoms with Gasteiger partial charge in [0.15, 0.2) is 0 Å². The molecular formula is C18H29N3O2. The average Bonchev–Trinajstić information content (AvgIpc) is 2.90. The summed E-state index contributed by atoms with van der Waals surface area (Å²) in [5.41, 5.74) is 1.00. The van der Waals surface area contributed by atoms with Crippen molar-refractivity contribution < 1.29 is 9.53 Å². The number of likely N-dealkylation sites (tertiary alicyclic amines) is 1. The summed E-state index contributed by atoms with van der Waals surface area (Å²) in [5, 5.41) is 2.99. The summed E-state index contributed by atoms with van der Waals surface area (Å²) in [6, 6.07) is 7.82. The number of nitrogens with one attached hydrogen (secondary N) is 1. The number of ether oxygens (including phenoxy) is 1. The average molecular weight is 319 g/mol. The van der Waals surface area contributed by atoms with E-state index in [0.717, 1.165) is 30.9 Å². The number of carbonyl (C=O) groups excluding carboxylic acids is 1. The zero-order valence-electron chi connectivity index (χ0n) is 14.7. The molecule has 0 aliphatic carbocycles. The van der Waals surface area contributed by atoms with E-state index in [1.807, 2.05) is 45.2 Å². The largest absolute Gasteiger partial charge is 0.491 e. The molecule has 0 bridgehead atoms. The van der Waals surface area contributed by atoms with Crippen molar-refractivity contribution in [3.8, 4) is 5.75 Å². The Hall–Kier alpha value is -1.75. The highest BCUT2D eigenvalue weighted by Crippen LogP contribution is 2.19. The topological polar surface area (TPSA) is 44.8 Å². The van der Waals surface area contributed by atoms with E-state index in [-0.39, 0.29) is 12.1 Å². The molecule has 5 nitrogen and oxygen atoms in total. The number of para-hydroxylation sites is 1. The summed E-state index contributed by atoms with van der Waals surface area (Å²) < 4.78 is 5.79. The SMILES string of the molecule is CC(C)Oc1ccccc1CNC(=O)N(C)CC1CCN(C)C1. The molecule has 2 amide bonds. The molecule has 0 saturated carbocycles. The Bertz CT molecular complexity index is 519. The van der Waals surface area contributed by atoms with Crippen LogP contribution in [0, 0.1) is 5.92 Å². The minimum atomic E-state index is -0.0288. The van der Waals surface area contributed by atoms with Crippen LogP contribution in [-0.4, -0.2) is 55.7 Å². The maximum Gasteiger partial charge on any atom is 0.317 e. The van der Waals surface area contributed by atoms with Crippen molar-refractivity contribution >= 4 is 6.03 Å². The Morgan fingerprint density at radius 2 is 2.17 bits per heavy atom. The predicted octanol–water partition coefficient (Wildman–Crippen LogP) is 2.57. The highest BCUT2D eigenvalue weighted by molar-refractivity contribution is 5.73. The van der Waals surface area contributed by atoms with Gasteiger partial charge in [0.25, 0.3) is 0 Å². The van der Waals surface area contributed by atoms with Crippen molar-refractivity contribution in [2.45, 2.75) is 32.9 Å². The van der Waals surface area contributed by atoms with E-state index in [9.17, 15) is 4.79 Å². The van der Waals surface area contributed by atoms with Gasteiger partial charge in [0.1, 0.15) is 5.75 Å². The van der Waals surface area contributed by atoms with Crippen molar-refractivity contribution in [3.05, 3.63) is 29.8 Å². The number of rotatable bonds is 6. The molecule has 1 saturated heterocycles. The van der Waals surface area contributed by atoms with Gasteiger partial charge in [-0.05, 0) is 45.8 Å². The minimum Gasteiger partial charge on any atom is -0.491 e. The lowest BCUT2D eigenvalue weighted by Gasteiger charge is -2.22. The molecule has 1 unspecified atom stereocenters. The first-order valence-electron chi connectivity index (χ1n) is 8.37. The van der Waals surface area contributed by atoms with Crippen LogP contribution in [0.5, 0.6) is 5.75 Å². The third kappa shape index (κ3) is 5.43. The van der Waals surface area contributed by atoms with E-state index in [0.29, 0.717) is 12.5 Å². The van der Waals surface area contributed by atoms with Crippen LogP contribution in [0.25, 0.3) is 0 Å². The number of hydrogen-bond acceptors (Lipinski definition) is 3. The standard InChI is InChI=1S/C18H29N3O2/c1-14(2)23-17-8-6-5-7-16(17)11-19-18(22)21(4)13-15-9-10-20(3)12-15/h5-8,14-15H,9-13H2,1-4H3,(H,19,22). The first-order valence-corrected chi connectivity index (χ1v) is 8.37. The fourth-order valence-corrected chi connectivity index (χ4v) is 2.97. The summed E-state index contributed by atoms with van der Waals surface area (Å²) in [4.78, 5) is 16.4. The number of amides is 2. The second-order valence-corrected chi connectivity index (χ2v) is 6.73. The Kier molecular flexibility index (Phi) is 6.28. The molecule has 1 N–H and O–H groups in total. The van der Waals surface area contributed by atoms with Crippen LogP contribution >= 0.6 is 0 Å². The van der Waals surface area contributed by atoms with Gasteiger partial charge < -0.3 is 19.9 Å². The van der Waals surface area contributed by atoms with Crippen LogP contribution in [0.2, 0.25) is 0 Å². The Morgan fingerprint density at radius 3 is 2.83 bits per heavy atom. The van der Waals surface area contributed by atoms with Gasteiger partial charge in [-0.1, -0.05) is 18.2 Å². The van der Waals surface area contributed by atoms with Crippen molar-refractivity contribution in [2.24, 2.45) is 5.92 Å². The second-order valence-electron chi connectivity index (χ2n) is 6.73. The molecule has 0 aromatic heterocycles. The Morgan fingerprint density at radius 1 is 1.43 bits per heavy atom. The third-order valence-electron chi connectivity index (χ3n) is 4.13. The second kappa shape index (κ2) is 8.20. The highest BCUT2D eigenvalue weighted by atomic mass is 16.5. The smallest absolute Gasteiger partial charge is 0.317 e. The van der Waals surface area contributed by atoms with Crippen LogP contribution in [0.3, 0.4) is 0 Å². The van der Waals surface area contributed by atoms with Crippen molar-refractivity contribution in [3.63, 3.8) is 0 Å². The van der Waals surface area contributed by atoms with Crippen LogP contribution in [0.1, 0.15) is 25.8 Å². The van der Waals surface area contributed by atoms with E-state index in [4.69, 9.17) is 4.74 Å². The molecule has 128 valence electrons. The van der Waals surface area contributed by atoms with Gasteiger partial charge in [0.05, 0.1) is 6.10 Å². The van der Waals surface area contributed by atoms with Gasteiger partial charge >= 0.3 is 6.03 Å². The van der Waals surface area contributed by atoms with Crippen LogP contribution in [0.4, 0.5) is 4.79 Å². The Labute approximate surface area is 139 Å². The lowest BCUT2D eigenvalue weighted by molar-refractivity contribution is 0.199. The summed E-state index contributed by atoms with van der Waals surface area (Å²) in [7, 11) is 4.00. The molecule has 1 aliphatic heterocycles. The Balaban J connectivity index is 1.84. The quantitative estimate of drug-likeness (QED) is 0.876. The van der Waals surface area contributed by atoms with E-state index >= 15 is 0 Å². The summed E-state index contributed by atoms with van der Waals surface area (Å²) in [6.45, 7) is 7.49. The zero-order valence-corrected chi connectivity index (χ0v) is 14.7. The van der Waals surface area contributed by atoms with Gasteiger partial charge in [-0.2, -0.15) is 0 Å². The molecule has 1 heterocycles. The van der Waals surface area contributed by atoms with E-state index in [2.05, 4.69) is 17.3 Å². The molecule has 1 aliphatic rings. The maximum atomic E-state index is 12.3. The molecular weight excluding hydrogens is 290 g/mol. The van der Waals surface area contributed by atoms with Crippen molar-refractivity contribution in [1.29, 1.82) is 0 Å². The first-order chi connectivity index (χ1) is 11.0. The highest BCUT2D eigenvalue weighted by Gasteiger charge is 2.22. The summed E-state index contributed by atoms with van der Waals surface area (Å²) in [5.74, 6) is 1.41. The summed E-state index contributed by atoms with van der Waals surface area (Å²) in [6.07, 6.45) is 1.29. The van der Waals surface area contributed by atoms with Crippen LogP contribution < -0.4 is 10.1 Å². The zero-order chi connectivity index (χ0) is 16.8. The number of urea groups is 1. The van der Waals surface area contributed by atoms with E-state index in [1.54, 1.807) is 4.90 Å². The van der Waals surface area contributed by atoms with Gasteiger partial charge in [0, 0.05) is 32.2 Å². The number of hydrogen-bond donors (Lipinski definition) is 1. The molecule has 1 aromatic carbocycles. The molecule has 1 atom stereocenters. The van der Waals surface area contributed by atoms with E-state index < -0.39 is 0 Å². The van der Waals surface area contributed by atoms with Gasteiger partial charge in [0.2, 0.25) is 0 Å². The summed E-state index contributed by atoms with van der Waals surface area (Å²) >= 11 is 0. The normalized spacial score (nSPS) is 18.2. The molecule has 0 radical (unpaired) electrons. The van der Waals surface area contributed by atoms with Gasteiger partial charge in [-0.25, -0.2) is 4.79 Å². The molecule has 1 fully saturated rings. The van der Waals surface area contributed by atoms with Crippen LogP contribution in [-0.2, 0) is 6.54 Å². The fourth-order valence-electron chi connectivity index (χ4n) is 2.97. The monoisotopic (exact) mass is 319 g/mol. The van der Waals surface area contributed by atoms with Crippen molar-refractivity contribution in [2.75, 3.05) is 33.7 Å². The van der Waals surface area contributed by atoms with Gasteiger partial charge in [-0.15, -0.1) is 0 Å². The molecule has 0 spiro atoms. The number of benzene rings is 1. The van der Waals surface area contributed by atoms with Crippen LogP contribution in [0.15, 0.2) is 24.3 Å². The molecule has 2 rings (SSSR count). The molecule has 23 heavy (non-hydrogen) atoms. The van der Waals surface area contributed by atoms with Gasteiger partial charge in [-0.3, -0.25) is 0 Å². The molecule has 5 heteroatoms. The number of nitrogens with zero attached hydrogens (tertiary/aromatic N) is 2. The lowest BCUT2D eigenvalue weighted by atomic mass is 10.1. The van der Waals surface area contributed by atoms with E-state index in [1.165, 1.54) is 6.42 Å². The van der Waals surface area contributed by atoms with Crippen molar-refractivity contribution in [1.82, 2.24) is 15.1 Å². The third-order valence-corrected chi connectivity index (χ3v) is 4.13. The maximum absolute atomic E-state index is 12.3. The minimum absolute atomic E-state index is 0.0288. The number of carbonyl (C=O) groups is 1. The first kappa shape index (κ1) is 17.6. The predicted molar refractivity (Wildman–Crippen MR) is 92.7 cm³/mol. The lowest BCUT2D eigenvalue weighted by Crippen LogP contribution is -2.40. The molecule has 1 aromatic rings.